The Morgan fingerprint density at radius 1 is 1.23 bits per heavy atom. The molecule has 2 heterocycles. The number of nitrogen functional groups attached to an aromatic ring is 1. The summed E-state index contributed by atoms with van der Waals surface area (Å²) >= 11 is 6.10. The van der Waals surface area contributed by atoms with Crippen LogP contribution in [0.4, 0.5) is 23.0 Å². The van der Waals surface area contributed by atoms with Crippen molar-refractivity contribution >= 4 is 34.6 Å². The Hall–Kier alpha value is -2.25. The number of hydrogen-bond acceptors (Lipinski definition) is 7. The summed E-state index contributed by atoms with van der Waals surface area (Å²) in [5.74, 6) is 1.43. The average Bonchev–Trinajstić information content (AvgIpc) is 2.64. The second kappa shape index (κ2) is 8.42. The second-order valence-electron chi connectivity index (χ2n) is 6.41. The standard InChI is InChI=1S/C18H25ClN6O/c1-13(11-26-2)23-17-16(20)18(22-12-21-17)25-8-6-24(7-9-25)15-5-3-4-14(19)10-15/h3-5,10,12-13H,6-9,11,20H2,1-2H3,(H,21,22,23). The number of piperazine rings is 1. The van der Waals surface area contributed by atoms with Gasteiger partial charge < -0.3 is 25.6 Å². The third-order valence-corrected chi connectivity index (χ3v) is 4.65. The van der Waals surface area contributed by atoms with Crippen molar-refractivity contribution in [1.82, 2.24) is 9.97 Å². The first-order valence-electron chi connectivity index (χ1n) is 8.70. The number of anilines is 4. The highest BCUT2D eigenvalue weighted by Gasteiger charge is 2.22. The first-order chi connectivity index (χ1) is 12.6. The Morgan fingerprint density at radius 2 is 1.96 bits per heavy atom. The first kappa shape index (κ1) is 18.5. The highest BCUT2D eigenvalue weighted by atomic mass is 35.5. The maximum absolute atomic E-state index is 6.32. The van der Waals surface area contributed by atoms with Crippen LogP contribution in [-0.2, 0) is 4.74 Å². The van der Waals surface area contributed by atoms with Gasteiger partial charge in [0.1, 0.15) is 12.0 Å². The number of ether oxygens (including phenoxy) is 1. The van der Waals surface area contributed by atoms with Crippen LogP contribution in [0.2, 0.25) is 5.02 Å². The number of halogens is 1. The molecule has 1 fully saturated rings. The van der Waals surface area contributed by atoms with Crippen LogP contribution in [0.3, 0.4) is 0 Å². The summed E-state index contributed by atoms with van der Waals surface area (Å²) in [5, 5.41) is 4.03. The summed E-state index contributed by atoms with van der Waals surface area (Å²) in [6, 6.07) is 8.06. The summed E-state index contributed by atoms with van der Waals surface area (Å²) < 4.78 is 5.15. The van der Waals surface area contributed by atoms with Crippen molar-refractivity contribution in [2.75, 3.05) is 60.7 Å². The normalized spacial score (nSPS) is 15.8. The Bertz CT molecular complexity index is 735. The zero-order valence-electron chi connectivity index (χ0n) is 15.2. The van der Waals surface area contributed by atoms with Gasteiger partial charge in [-0.25, -0.2) is 9.97 Å². The molecule has 0 aliphatic carbocycles. The zero-order chi connectivity index (χ0) is 18.5. The van der Waals surface area contributed by atoms with Crippen molar-refractivity contribution in [1.29, 1.82) is 0 Å². The van der Waals surface area contributed by atoms with Gasteiger partial charge in [0.05, 0.1) is 6.61 Å². The molecule has 2 aromatic rings. The van der Waals surface area contributed by atoms with Crippen LogP contribution in [0.25, 0.3) is 0 Å². The van der Waals surface area contributed by atoms with Crippen LogP contribution >= 0.6 is 11.6 Å². The third kappa shape index (κ3) is 4.28. The molecule has 3 rings (SSSR count). The Balaban J connectivity index is 1.67. The van der Waals surface area contributed by atoms with Crippen molar-refractivity contribution in [2.45, 2.75) is 13.0 Å². The lowest BCUT2D eigenvalue weighted by atomic mass is 10.2. The van der Waals surface area contributed by atoms with Gasteiger partial charge in [-0.2, -0.15) is 0 Å². The van der Waals surface area contributed by atoms with Crippen molar-refractivity contribution < 1.29 is 4.74 Å². The van der Waals surface area contributed by atoms with E-state index < -0.39 is 0 Å². The predicted molar refractivity (Wildman–Crippen MR) is 107 cm³/mol. The Morgan fingerprint density at radius 3 is 2.65 bits per heavy atom. The average molecular weight is 377 g/mol. The van der Waals surface area contributed by atoms with Gasteiger partial charge in [-0.15, -0.1) is 0 Å². The summed E-state index contributed by atoms with van der Waals surface area (Å²) in [6.07, 6.45) is 1.55. The summed E-state index contributed by atoms with van der Waals surface area (Å²) in [7, 11) is 1.67. The fraction of sp³-hybridized carbons (Fsp3) is 0.444. The van der Waals surface area contributed by atoms with Crippen LogP contribution in [-0.4, -0.2) is 55.9 Å². The van der Waals surface area contributed by atoms with Gasteiger partial charge >= 0.3 is 0 Å². The maximum Gasteiger partial charge on any atom is 0.157 e. The van der Waals surface area contributed by atoms with E-state index in [1.165, 1.54) is 0 Å². The van der Waals surface area contributed by atoms with Crippen molar-refractivity contribution in [3.8, 4) is 0 Å². The molecule has 1 aliphatic heterocycles. The zero-order valence-corrected chi connectivity index (χ0v) is 15.9. The number of rotatable bonds is 6. The first-order valence-corrected chi connectivity index (χ1v) is 9.07. The van der Waals surface area contributed by atoms with Gasteiger partial charge in [-0.3, -0.25) is 0 Å². The molecule has 1 unspecified atom stereocenters. The van der Waals surface area contributed by atoms with Crippen LogP contribution in [0.1, 0.15) is 6.92 Å². The smallest absolute Gasteiger partial charge is 0.157 e. The number of methoxy groups -OCH3 is 1. The van der Waals surface area contributed by atoms with Gasteiger partial charge in [-0.1, -0.05) is 17.7 Å². The number of hydrogen-bond donors (Lipinski definition) is 2. The molecule has 0 saturated carbocycles. The van der Waals surface area contributed by atoms with E-state index in [1.807, 2.05) is 25.1 Å². The maximum atomic E-state index is 6.32. The molecule has 8 heteroatoms. The van der Waals surface area contributed by atoms with E-state index in [0.29, 0.717) is 18.1 Å². The largest absolute Gasteiger partial charge is 0.393 e. The van der Waals surface area contributed by atoms with Crippen LogP contribution in [0.15, 0.2) is 30.6 Å². The molecule has 1 aliphatic rings. The van der Waals surface area contributed by atoms with E-state index >= 15 is 0 Å². The molecule has 3 N–H and O–H groups in total. The minimum atomic E-state index is 0.115. The minimum Gasteiger partial charge on any atom is -0.393 e. The topological polar surface area (TPSA) is 79.5 Å². The lowest BCUT2D eigenvalue weighted by Crippen LogP contribution is -2.47. The van der Waals surface area contributed by atoms with Gasteiger partial charge in [-0.05, 0) is 25.1 Å². The fourth-order valence-corrected chi connectivity index (χ4v) is 3.31. The lowest BCUT2D eigenvalue weighted by molar-refractivity contribution is 0.190. The third-order valence-electron chi connectivity index (χ3n) is 4.42. The highest BCUT2D eigenvalue weighted by molar-refractivity contribution is 6.30. The highest BCUT2D eigenvalue weighted by Crippen LogP contribution is 2.28. The lowest BCUT2D eigenvalue weighted by Gasteiger charge is -2.37. The van der Waals surface area contributed by atoms with Gasteiger partial charge in [0, 0.05) is 50.0 Å². The van der Waals surface area contributed by atoms with E-state index in [0.717, 1.165) is 42.7 Å². The molecule has 140 valence electrons. The van der Waals surface area contributed by atoms with Crippen molar-refractivity contribution in [2.24, 2.45) is 0 Å². The van der Waals surface area contributed by atoms with E-state index in [-0.39, 0.29) is 6.04 Å². The van der Waals surface area contributed by atoms with E-state index in [4.69, 9.17) is 22.1 Å². The number of nitrogens with zero attached hydrogens (tertiary/aromatic N) is 4. The van der Waals surface area contributed by atoms with Crippen LogP contribution < -0.4 is 20.9 Å². The van der Waals surface area contributed by atoms with Crippen molar-refractivity contribution in [3.05, 3.63) is 35.6 Å². The molecule has 0 bridgehead atoms. The molecule has 26 heavy (non-hydrogen) atoms. The number of nitrogens with one attached hydrogen (secondary N) is 1. The number of nitrogens with two attached hydrogens (primary N) is 1. The van der Waals surface area contributed by atoms with Gasteiger partial charge in [0.25, 0.3) is 0 Å². The fourth-order valence-electron chi connectivity index (χ4n) is 3.13. The molecule has 1 saturated heterocycles. The molecular formula is C18H25ClN6O. The second-order valence-corrected chi connectivity index (χ2v) is 6.85. The molecule has 0 spiro atoms. The minimum absolute atomic E-state index is 0.115. The molecule has 1 atom stereocenters. The summed E-state index contributed by atoms with van der Waals surface area (Å²) in [5.41, 5.74) is 8.04. The number of benzene rings is 1. The SMILES string of the molecule is COCC(C)Nc1ncnc(N2CCN(c3cccc(Cl)c3)CC2)c1N. The van der Waals surface area contributed by atoms with Gasteiger partial charge in [0.15, 0.2) is 11.6 Å². The molecule has 1 aromatic heterocycles. The molecule has 7 nitrogen and oxygen atoms in total. The molecule has 0 radical (unpaired) electrons. The molecule has 1 aromatic carbocycles. The van der Waals surface area contributed by atoms with E-state index in [1.54, 1.807) is 13.4 Å². The van der Waals surface area contributed by atoms with Crippen LogP contribution in [0, 0.1) is 0 Å². The summed E-state index contributed by atoms with van der Waals surface area (Å²) in [6.45, 7) is 6.03. The van der Waals surface area contributed by atoms with Gasteiger partial charge in [0.2, 0.25) is 0 Å². The summed E-state index contributed by atoms with van der Waals surface area (Å²) in [4.78, 5) is 13.2. The molecular weight excluding hydrogens is 352 g/mol. The van der Waals surface area contributed by atoms with E-state index in [9.17, 15) is 0 Å². The van der Waals surface area contributed by atoms with Crippen molar-refractivity contribution in [3.63, 3.8) is 0 Å². The predicted octanol–water partition coefficient (Wildman–Crippen LogP) is 2.49. The van der Waals surface area contributed by atoms with E-state index in [2.05, 4.69) is 31.2 Å². The Labute approximate surface area is 159 Å². The van der Waals surface area contributed by atoms with Crippen LogP contribution in [0.5, 0.6) is 0 Å². The number of aromatic nitrogens is 2. The monoisotopic (exact) mass is 376 g/mol. The quantitative estimate of drug-likeness (QED) is 0.801. The Kier molecular flexibility index (Phi) is 6.00. The molecule has 0 amide bonds.